The van der Waals surface area contributed by atoms with Crippen LogP contribution in [-0.4, -0.2) is 45.8 Å². The Labute approximate surface area is 137 Å². The molecular weight excluding hydrogens is 321 g/mol. The summed E-state index contributed by atoms with van der Waals surface area (Å²) in [5.74, 6) is -0.219. The molecule has 0 radical (unpaired) electrons. The van der Waals surface area contributed by atoms with Gasteiger partial charge in [0.25, 0.3) is 0 Å². The molecule has 0 saturated carbocycles. The van der Waals surface area contributed by atoms with Crippen molar-refractivity contribution in [3.63, 3.8) is 0 Å². The number of rotatable bonds is 2. The molecule has 1 fully saturated rings. The summed E-state index contributed by atoms with van der Waals surface area (Å²) in [7, 11) is 0. The van der Waals surface area contributed by atoms with E-state index >= 15 is 0 Å². The monoisotopic (exact) mass is 340 g/mol. The van der Waals surface area contributed by atoms with Gasteiger partial charge in [-0.2, -0.15) is 13.2 Å². The number of hydrogen-bond acceptors (Lipinski definition) is 2. The number of carbonyl (C=O) groups is 1. The van der Waals surface area contributed by atoms with E-state index in [2.05, 4.69) is 4.98 Å². The van der Waals surface area contributed by atoms with Crippen LogP contribution in [0.5, 0.6) is 0 Å². The lowest BCUT2D eigenvalue weighted by molar-refractivity contribution is -0.272. The fourth-order valence-corrected chi connectivity index (χ4v) is 3.27. The van der Waals surface area contributed by atoms with Crippen molar-refractivity contribution in [3.05, 3.63) is 35.5 Å². The highest BCUT2D eigenvalue weighted by atomic mass is 19.4. The number of aromatic nitrogens is 1. The van der Waals surface area contributed by atoms with E-state index in [1.807, 2.05) is 25.1 Å². The van der Waals surface area contributed by atoms with Gasteiger partial charge in [-0.1, -0.05) is 12.1 Å². The summed E-state index contributed by atoms with van der Waals surface area (Å²) in [6.45, 7) is 1.78. The number of alkyl halides is 3. The Morgan fingerprint density at radius 1 is 1.33 bits per heavy atom. The number of nitrogens with one attached hydrogen (secondary N) is 1. The van der Waals surface area contributed by atoms with Crippen molar-refractivity contribution in [1.29, 1.82) is 0 Å². The summed E-state index contributed by atoms with van der Waals surface area (Å²) in [6.07, 6.45) is -3.71. The predicted octanol–water partition coefficient (Wildman–Crippen LogP) is 2.93. The van der Waals surface area contributed by atoms with Crippen LogP contribution in [0.4, 0.5) is 13.2 Å². The Hall–Kier alpha value is -2.02. The van der Waals surface area contributed by atoms with Crippen LogP contribution in [0.15, 0.2) is 24.4 Å². The van der Waals surface area contributed by atoms with Gasteiger partial charge in [-0.15, -0.1) is 0 Å². The molecule has 4 nitrogen and oxygen atoms in total. The number of amides is 1. The highest BCUT2D eigenvalue weighted by molar-refractivity contribution is 5.91. The van der Waals surface area contributed by atoms with Gasteiger partial charge in [0, 0.05) is 43.0 Å². The molecule has 7 heteroatoms. The first-order valence-corrected chi connectivity index (χ1v) is 7.84. The average molecular weight is 340 g/mol. The van der Waals surface area contributed by atoms with Crippen LogP contribution in [0, 0.1) is 6.92 Å². The minimum atomic E-state index is -4.66. The van der Waals surface area contributed by atoms with Crippen molar-refractivity contribution >= 4 is 16.8 Å². The maximum atomic E-state index is 12.8. The number of aliphatic hydroxyl groups is 1. The van der Waals surface area contributed by atoms with Crippen LogP contribution in [-0.2, 0) is 11.2 Å². The minimum absolute atomic E-state index is 0.0871. The molecule has 1 aromatic heterocycles. The molecule has 2 aromatic rings. The summed E-state index contributed by atoms with van der Waals surface area (Å²) in [4.78, 5) is 16.9. The van der Waals surface area contributed by atoms with Crippen molar-refractivity contribution in [2.24, 2.45) is 0 Å². The molecule has 1 aliphatic heterocycles. The molecule has 1 saturated heterocycles. The van der Waals surface area contributed by atoms with Crippen LogP contribution in [0.25, 0.3) is 10.9 Å². The van der Waals surface area contributed by atoms with Crippen LogP contribution < -0.4 is 0 Å². The number of nitrogens with zero attached hydrogens (tertiary/aromatic N) is 1. The fourth-order valence-electron chi connectivity index (χ4n) is 3.27. The maximum absolute atomic E-state index is 12.8. The zero-order chi connectivity index (χ0) is 17.5. The minimum Gasteiger partial charge on any atom is -0.380 e. The van der Waals surface area contributed by atoms with E-state index in [1.54, 1.807) is 6.20 Å². The fraction of sp³-hybridized carbons (Fsp3) is 0.471. The summed E-state index contributed by atoms with van der Waals surface area (Å²) < 4.78 is 38.5. The first-order valence-electron chi connectivity index (χ1n) is 7.84. The lowest BCUT2D eigenvalue weighted by Crippen LogP contribution is -2.54. The number of benzene rings is 1. The first-order chi connectivity index (χ1) is 11.2. The molecule has 2 N–H and O–H groups in total. The van der Waals surface area contributed by atoms with Gasteiger partial charge in [0.15, 0.2) is 5.60 Å². The van der Waals surface area contributed by atoms with Crippen molar-refractivity contribution in [2.45, 2.75) is 38.0 Å². The van der Waals surface area contributed by atoms with E-state index in [4.69, 9.17) is 0 Å². The van der Waals surface area contributed by atoms with E-state index in [-0.39, 0.29) is 25.4 Å². The number of carbonyl (C=O) groups excluding carboxylic acids is 1. The van der Waals surface area contributed by atoms with Crippen LogP contribution >= 0.6 is 0 Å². The van der Waals surface area contributed by atoms with Gasteiger partial charge in [0.2, 0.25) is 5.91 Å². The highest BCUT2D eigenvalue weighted by Gasteiger charge is 2.54. The van der Waals surface area contributed by atoms with E-state index in [0.29, 0.717) is 0 Å². The number of piperidine rings is 1. The molecule has 130 valence electrons. The Bertz CT molecular complexity index is 759. The summed E-state index contributed by atoms with van der Waals surface area (Å²) in [5.41, 5.74) is 0.135. The molecule has 0 spiro atoms. The number of H-pyrrole nitrogens is 1. The van der Waals surface area contributed by atoms with Crippen molar-refractivity contribution in [3.8, 4) is 0 Å². The smallest absolute Gasteiger partial charge is 0.380 e. The summed E-state index contributed by atoms with van der Waals surface area (Å²) in [5, 5.41) is 10.7. The Morgan fingerprint density at radius 2 is 2.00 bits per heavy atom. The van der Waals surface area contributed by atoms with Gasteiger partial charge in [-0.05, 0) is 24.1 Å². The van der Waals surface area contributed by atoms with Crippen LogP contribution in [0.3, 0.4) is 0 Å². The second-order valence-electron chi connectivity index (χ2n) is 6.40. The number of fused-ring (bicyclic) bond motifs is 1. The first kappa shape index (κ1) is 16.8. The highest BCUT2D eigenvalue weighted by Crippen LogP contribution is 2.38. The van der Waals surface area contributed by atoms with Crippen molar-refractivity contribution in [1.82, 2.24) is 9.88 Å². The second kappa shape index (κ2) is 5.81. The molecule has 1 amide bonds. The molecule has 0 atom stereocenters. The Balaban J connectivity index is 1.70. The van der Waals surface area contributed by atoms with E-state index in [0.717, 1.165) is 22.0 Å². The third-order valence-corrected chi connectivity index (χ3v) is 4.81. The van der Waals surface area contributed by atoms with Crippen molar-refractivity contribution in [2.75, 3.05) is 13.1 Å². The van der Waals surface area contributed by atoms with E-state index in [9.17, 15) is 23.1 Å². The third-order valence-electron chi connectivity index (χ3n) is 4.81. The molecule has 24 heavy (non-hydrogen) atoms. The lowest BCUT2D eigenvalue weighted by atomic mass is 9.90. The molecule has 2 heterocycles. The average Bonchev–Trinajstić information content (AvgIpc) is 2.91. The number of aromatic amines is 1. The molecule has 0 aliphatic carbocycles. The standard InChI is InChI=1S/C17H19F3N2O2/c1-11-3-2-4-13-15(11)12(10-21-13)9-14(23)22-7-5-16(24,6-8-22)17(18,19)20/h2-4,10,21,24H,5-9H2,1H3. The predicted molar refractivity (Wildman–Crippen MR) is 83.6 cm³/mol. The number of aryl methyl sites for hydroxylation is 1. The quantitative estimate of drug-likeness (QED) is 0.883. The summed E-state index contributed by atoms with van der Waals surface area (Å²) >= 11 is 0. The summed E-state index contributed by atoms with van der Waals surface area (Å²) in [6, 6.07) is 5.79. The van der Waals surface area contributed by atoms with Crippen molar-refractivity contribution < 1.29 is 23.1 Å². The van der Waals surface area contributed by atoms with Gasteiger partial charge >= 0.3 is 6.18 Å². The number of halogens is 3. The zero-order valence-electron chi connectivity index (χ0n) is 13.3. The topological polar surface area (TPSA) is 56.3 Å². The third kappa shape index (κ3) is 2.88. The van der Waals surface area contributed by atoms with E-state index < -0.39 is 24.6 Å². The van der Waals surface area contributed by atoms with Gasteiger partial charge in [-0.3, -0.25) is 4.79 Å². The largest absolute Gasteiger partial charge is 0.417 e. The molecule has 0 bridgehead atoms. The van der Waals surface area contributed by atoms with Crippen LogP contribution in [0.1, 0.15) is 24.0 Å². The van der Waals surface area contributed by atoms with Gasteiger partial charge in [0.1, 0.15) is 0 Å². The van der Waals surface area contributed by atoms with Gasteiger partial charge in [-0.25, -0.2) is 0 Å². The molecule has 0 unspecified atom stereocenters. The van der Waals surface area contributed by atoms with Gasteiger partial charge < -0.3 is 15.0 Å². The lowest BCUT2D eigenvalue weighted by Gasteiger charge is -2.39. The van der Waals surface area contributed by atoms with Gasteiger partial charge in [0.05, 0.1) is 6.42 Å². The molecule has 1 aliphatic rings. The maximum Gasteiger partial charge on any atom is 0.417 e. The Kier molecular flexibility index (Phi) is 4.07. The zero-order valence-corrected chi connectivity index (χ0v) is 13.3. The number of hydrogen-bond donors (Lipinski definition) is 2. The molecule has 1 aromatic carbocycles. The normalized spacial score (nSPS) is 18.1. The second-order valence-corrected chi connectivity index (χ2v) is 6.40. The van der Waals surface area contributed by atoms with Crippen LogP contribution in [0.2, 0.25) is 0 Å². The van der Waals surface area contributed by atoms with E-state index in [1.165, 1.54) is 4.90 Å². The Morgan fingerprint density at radius 3 is 2.62 bits per heavy atom. The number of likely N-dealkylation sites (tertiary alicyclic amines) is 1. The SMILES string of the molecule is Cc1cccc2[nH]cc(CC(=O)N3CCC(O)(C(F)(F)F)CC3)c12. The molecule has 3 rings (SSSR count). The molecular formula is C17H19F3N2O2.